The van der Waals surface area contributed by atoms with Crippen LogP contribution in [0.25, 0.3) is 0 Å². The van der Waals surface area contributed by atoms with Crippen LogP contribution in [0.5, 0.6) is 0 Å². The highest BCUT2D eigenvalue weighted by Gasteiger charge is 2.67. The average molecular weight is 517 g/mol. The quantitative estimate of drug-likeness (QED) is 0.461. The first-order valence-corrected chi connectivity index (χ1v) is 14.7. The molecule has 4 aliphatic rings. The molecule has 210 valence electrons. The van der Waals surface area contributed by atoms with Gasteiger partial charge in [-0.1, -0.05) is 46.3 Å². The molecule has 4 aliphatic carbocycles. The van der Waals surface area contributed by atoms with Gasteiger partial charge in [0, 0.05) is 41.7 Å². The second-order valence-electron chi connectivity index (χ2n) is 14.1. The van der Waals surface area contributed by atoms with E-state index >= 15 is 0 Å². The van der Waals surface area contributed by atoms with Gasteiger partial charge in [-0.2, -0.15) is 0 Å². The monoisotopic (exact) mass is 516 g/mol. The van der Waals surface area contributed by atoms with Crippen molar-refractivity contribution in [2.75, 3.05) is 20.7 Å². The molecule has 3 fully saturated rings. The third-order valence-electron chi connectivity index (χ3n) is 12.3. The van der Waals surface area contributed by atoms with Gasteiger partial charge in [-0.05, 0) is 82.2 Å². The van der Waals surface area contributed by atoms with Gasteiger partial charge < -0.3 is 20.4 Å². The molecular formula is C31H52N2O4. The van der Waals surface area contributed by atoms with Crippen molar-refractivity contribution in [2.24, 2.45) is 45.8 Å². The molecule has 0 aromatic heterocycles. The third kappa shape index (κ3) is 4.34. The van der Waals surface area contributed by atoms with Crippen LogP contribution in [0.15, 0.2) is 11.6 Å². The predicted molar refractivity (Wildman–Crippen MR) is 147 cm³/mol. The van der Waals surface area contributed by atoms with Crippen molar-refractivity contribution in [1.82, 2.24) is 10.2 Å². The summed E-state index contributed by atoms with van der Waals surface area (Å²) in [5.41, 5.74) is 0.486. The van der Waals surface area contributed by atoms with Crippen LogP contribution >= 0.6 is 0 Å². The van der Waals surface area contributed by atoms with Crippen molar-refractivity contribution in [3.05, 3.63) is 11.6 Å². The number of ketones is 1. The van der Waals surface area contributed by atoms with Gasteiger partial charge in [-0.3, -0.25) is 9.59 Å². The number of Topliss-reactive ketones (excluding diaryl/α,β-unsaturated/α-hetero) is 1. The number of carbonyl (C=O) groups is 2. The predicted octanol–water partition coefficient (Wildman–Crippen LogP) is 4.19. The minimum atomic E-state index is -0.453. The summed E-state index contributed by atoms with van der Waals surface area (Å²) in [4.78, 5) is 28.9. The Bertz CT molecular complexity index is 932. The van der Waals surface area contributed by atoms with Gasteiger partial charge in [0.05, 0.1) is 12.7 Å². The molecule has 3 N–H and O–H groups in total. The van der Waals surface area contributed by atoms with Gasteiger partial charge >= 0.3 is 0 Å². The number of allylic oxidation sites excluding steroid dienone is 1. The topological polar surface area (TPSA) is 89.9 Å². The van der Waals surface area contributed by atoms with Crippen molar-refractivity contribution in [3.63, 3.8) is 0 Å². The summed E-state index contributed by atoms with van der Waals surface area (Å²) in [6.07, 6.45) is 7.22. The van der Waals surface area contributed by atoms with Crippen LogP contribution < -0.4 is 5.32 Å². The molecule has 0 aromatic rings. The molecule has 0 saturated heterocycles. The summed E-state index contributed by atoms with van der Waals surface area (Å²) in [6, 6.07) is 0.0814. The second-order valence-corrected chi connectivity index (χ2v) is 14.1. The molecule has 6 nitrogen and oxygen atoms in total. The van der Waals surface area contributed by atoms with Crippen molar-refractivity contribution in [3.8, 4) is 0 Å². The Hall–Kier alpha value is -1.24. The maximum Gasteiger partial charge on any atom is 0.223 e. The highest BCUT2D eigenvalue weighted by atomic mass is 16.3. The van der Waals surface area contributed by atoms with Crippen LogP contribution in [0.2, 0.25) is 0 Å². The first-order chi connectivity index (χ1) is 17.2. The molecule has 5 unspecified atom stereocenters. The minimum absolute atomic E-state index is 0.0137. The van der Waals surface area contributed by atoms with E-state index in [9.17, 15) is 19.8 Å². The molecule has 4 rings (SSSR count). The number of nitrogens with zero attached hydrogens (tertiary/aromatic N) is 1. The molecule has 0 aliphatic heterocycles. The Morgan fingerprint density at radius 2 is 1.86 bits per heavy atom. The third-order valence-corrected chi connectivity index (χ3v) is 12.3. The maximum absolute atomic E-state index is 13.9. The van der Waals surface area contributed by atoms with Crippen molar-refractivity contribution < 1.29 is 19.8 Å². The first kappa shape index (κ1) is 28.8. The van der Waals surface area contributed by atoms with E-state index in [0.29, 0.717) is 18.6 Å². The summed E-state index contributed by atoms with van der Waals surface area (Å²) in [5, 5.41) is 25.4. The molecule has 1 amide bonds. The second kappa shape index (κ2) is 10.1. The molecule has 0 aromatic carbocycles. The smallest absolute Gasteiger partial charge is 0.223 e. The van der Waals surface area contributed by atoms with Gasteiger partial charge in [0.25, 0.3) is 0 Å². The summed E-state index contributed by atoms with van der Waals surface area (Å²) in [6.45, 7) is 12.9. The van der Waals surface area contributed by atoms with E-state index in [0.717, 1.165) is 32.1 Å². The number of carbonyl (C=O) groups excluding carboxylic acids is 2. The number of amides is 1. The number of aliphatic hydroxyl groups excluding tert-OH is 2. The van der Waals surface area contributed by atoms with Crippen molar-refractivity contribution in [1.29, 1.82) is 0 Å². The summed E-state index contributed by atoms with van der Waals surface area (Å²) < 4.78 is 0. The molecule has 0 heterocycles. The fraction of sp³-hybridized carbons (Fsp3) is 0.871. The Balaban J connectivity index is 1.66. The van der Waals surface area contributed by atoms with Gasteiger partial charge in [-0.25, -0.2) is 0 Å². The first-order valence-electron chi connectivity index (χ1n) is 14.7. The molecule has 6 heteroatoms. The minimum Gasteiger partial charge on any atom is -0.396 e. The lowest BCUT2D eigenvalue weighted by Gasteiger charge is -2.56. The average Bonchev–Trinajstić information content (AvgIpc) is 2.96. The van der Waals surface area contributed by atoms with Crippen LogP contribution in [0.4, 0.5) is 0 Å². The maximum atomic E-state index is 13.9. The van der Waals surface area contributed by atoms with Crippen LogP contribution in [-0.4, -0.2) is 65.7 Å². The summed E-state index contributed by atoms with van der Waals surface area (Å²) >= 11 is 0. The Kier molecular flexibility index (Phi) is 7.82. The summed E-state index contributed by atoms with van der Waals surface area (Å²) in [5.74, 6) is 0.765. The van der Waals surface area contributed by atoms with Gasteiger partial charge in [0.2, 0.25) is 5.91 Å². The number of nitrogens with one attached hydrogen (secondary N) is 1. The zero-order valence-electron chi connectivity index (χ0n) is 24.5. The van der Waals surface area contributed by atoms with Crippen LogP contribution in [-0.2, 0) is 9.59 Å². The highest BCUT2D eigenvalue weighted by Crippen LogP contribution is 2.69. The number of hydrogen-bond donors (Lipinski definition) is 3. The Morgan fingerprint density at radius 3 is 2.46 bits per heavy atom. The van der Waals surface area contributed by atoms with E-state index in [4.69, 9.17) is 0 Å². The highest BCUT2D eigenvalue weighted by molar-refractivity contribution is 5.84. The van der Waals surface area contributed by atoms with Crippen LogP contribution in [0.1, 0.15) is 86.5 Å². The summed E-state index contributed by atoms with van der Waals surface area (Å²) in [7, 11) is 4.14. The molecule has 37 heavy (non-hydrogen) atoms. The molecule has 0 spiro atoms. The van der Waals surface area contributed by atoms with Crippen molar-refractivity contribution >= 4 is 11.7 Å². The molecule has 0 bridgehead atoms. The fourth-order valence-corrected chi connectivity index (χ4v) is 9.24. The van der Waals surface area contributed by atoms with E-state index in [-0.39, 0.29) is 65.0 Å². The lowest BCUT2D eigenvalue weighted by molar-refractivity contribution is -0.147. The number of rotatable bonds is 6. The van der Waals surface area contributed by atoms with Crippen molar-refractivity contribution in [2.45, 2.75) is 105 Å². The standard InChI is InChI=1S/C31H52N2O4/c1-9-18(2)28(37)32-26-13-10-20-14-21-23(12-11-22(20)29(26,4)17-34)30(5)16-25(36)27(19(3)33(7)8)31(30,6)15-24(21)35/h10,18-19,21-23,25-27,34,36H,9,11-17H2,1-8H3,(H,32,37)/t18?,19-,21?,22?,23?,25+,26?,27-,29-,30-,31+/m0/s1. The van der Waals surface area contributed by atoms with E-state index in [2.05, 4.69) is 58.1 Å². The molecule has 11 atom stereocenters. The Morgan fingerprint density at radius 1 is 1.19 bits per heavy atom. The number of fused-ring (bicyclic) bond motifs is 4. The van der Waals surface area contributed by atoms with Gasteiger partial charge in [0.15, 0.2) is 0 Å². The van der Waals surface area contributed by atoms with Gasteiger partial charge in [0.1, 0.15) is 5.78 Å². The van der Waals surface area contributed by atoms with E-state index in [1.54, 1.807) is 0 Å². The van der Waals surface area contributed by atoms with Gasteiger partial charge in [-0.15, -0.1) is 0 Å². The van der Waals surface area contributed by atoms with E-state index < -0.39 is 11.5 Å². The number of aliphatic hydroxyl groups is 2. The number of hydrogen-bond acceptors (Lipinski definition) is 5. The molecule has 3 saturated carbocycles. The molecular weight excluding hydrogens is 464 g/mol. The molecule has 0 radical (unpaired) electrons. The van der Waals surface area contributed by atoms with Crippen LogP contribution in [0, 0.1) is 45.8 Å². The largest absolute Gasteiger partial charge is 0.396 e. The normalized spacial score (nSPS) is 45.3. The van der Waals surface area contributed by atoms with E-state index in [1.165, 1.54) is 5.57 Å². The van der Waals surface area contributed by atoms with Crippen LogP contribution in [0.3, 0.4) is 0 Å². The lowest BCUT2D eigenvalue weighted by Crippen LogP contribution is -2.55. The lowest BCUT2D eigenvalue weighted by atomic mass is 9.48. The SMILES string of the molecule is CCC(C)C(=O)NC1CC=C2CC3C(=O)C[C@]4(C)[C@@H]([C@H](C)N(C)C)[C@H](O)C[C@@]4(C)C3CCC2[C@]1(C)CO. The zero-order valence-corrected chi connectivity index (χ0v) is 24.5. The fourth-order valence-electron chi connectivity index (χ4n) is 9.24. The Labute approximate surface area is 224 Å². The van der Waals surface area contributed by atoms with E-state index in [1.807, 2.05) is 13.8 Å². The zero-order chi connectivity index (χ0) is 27.5.